The van der Waals surface area contributed by atoms with Crippen LogP contribution in [-0.4, -0.2) is 187 Å². The number of aliphatic hydroxyl groups excluding tert-OH is 11. The van der Waals surface area contributed by atoms with Crippen molar-refractivity contribution in [3.05, 3.63) is 11.3 Å². The van der Waals surface area contributed by atoms with E-state index in [1.165, 1.54) is 5.57 Å². The highest BCUT2D eigenvalue weighted by Gasteiger charge is 2.65. The minimum atomic E-state index is -1.74. The summed E-state index contributed by atoms with van der Waals surface area (Å²) in [6.45, 7) is 7.74. The fourth-order valence-corrected chi connectivity index (χ4v) is 13.7. The molecule has 0 radical (unpaired) electrons. The van der Waals surface area contributed by atoms with Gasteiger partial charge in [-0.1, -0.05) is 20.8 Å². The van der Waals surface area contributed by atoms with Gasteiger partial charge in [-0.15, -0.1) is 0 Å². The molecule has 4 aliphatic carbocycles. The van der Waals surface area contributed by atoms with Crippen LogP contribution < -0.4 is 0 Å². The Morgan fingerprint density at radius 2 is 1.22 bits per heavy atom. The molecule has 3 saturated heterocycles. The highest BCUT2D eigenvalue weighted by molar-refractivity contribution is 5.26. The van der Waals surface area contributed by atoms with E-state index in [0.717, 1.165) is 70.0 Å². The molecule has 8 aliphatic rings. The average molecular weight is 903 g/mol. The summed E-state index contributed by atoms with van der Waals surface area (Å²) in [5.41, 5.74) is 1.57. The van der Waals surface area contributed by atoms with Crippen LogP contribution in [0.15, 0.2) is 11.3 Å². The summed E-state index contributed by atoms with van der Waals surface area (Å²) in [5, 5.41) is 113. The average Bonchev–Trinajstić information content (AvgIpc) is 3.76. The fraction of sp³-hybridized carbons (Fsp3) is 0.956. The number of ether oxygens (including phenoxy) is 7. The number of allylic oxidation sites excluding steroid dienone is 1. The third kappa shape index (κ3) is 8.68. The molecule has 8 rings (SSSR count). The molecule has 0 aromatic heterocycles. The Hall–Kier alpha value is -1.14. The summed E-state index contributed by atoms with van der Waals surface area (Å²) in [6.07, 6.45) is -12.1. The fourth-order valence-electron chi connectivity index (χ4n) is 13.7. The van der Waals surface area contributed by atoms with E-state index < -0.39 is 112 Å². The zero-order valence-electron chi connectivity index (χ0n) is 37.0. The van der Waals surface area contributed by atoms with Gasteiger partial charge in [0.1, 0.15) is 79.4 Å². The molecule has 0 spiro atoms. The van der Waals surface area contributed by atoms with Crippen LogP contribution in [0.5, 0.6) is 0 Å². The molecule has 18 nitrogen and oxygen atoms in total. The van der Waals surface area contributed by atoms with E-state index in [1.807, 2.05) is 0 Å². The zero-order chi connectivity index (χ0) is 45.3. The van der Waals surface area contributed by atoms with Crippen LogP contribution in [0.4, 0.5) is 0 Å². The first-order valence-corrected chi connectivity index (χ1v) is 23.5. The summed E-state index contributed by atoms with van der Waals surface area (Å²) >= 11 is 0. The lowest BCUT2D eigenvalue weighted by Crippen LogP contribution is -2.65. The van der Waals surface area contributed by atoms with E-state index in [2.05, 4.69) is 27.7 Å². The molecule has 0 aromatic rings. The van der Waals surface area contributed by atoms with E-state index in [0.29, 0.717) is 29.6 Å². The summed E-state index contributed by atoms with van der Waals surface area (Å²) < 4.78 is 42.2. The van der Waals surface area contributed by atoms with Gasteiger partial charge in [-0.3, -0.25) is 0 Å². The standard InChI is InChI=1S/C45H74O18/c1-19(18-57-41-38(55)35(52)32(49)28(15-46)60-41)5-8-26-20(2)31-27(59-26)14-25-23-7-6-21-13-22(9-11-44(21,3)24(23)10-12-45(25,31)4)58-43-40(37(54)34(51)30(17-48)62-43)63-42-39(56)36(53)33(50)29(16-47)61-42/h19,21-25,27-43,46-56H,5-18H2,1-4H3/t19-,21+,22-,23+,24-,25-,27-,28+,29+,30+,31-,32+,33+,34+,35-,36-,37-,38+,39+,40+,41+,42-,43+,44-,45-/m0/s1. The molecule has 7 fully saturated rings. The van der Waals surface area contributed by atoms with Gasteiger partial charge in [0.25, 0.3) is 0 Å². The highest BCUT2D eigenvalue weighted by atomic mass is 16.8. The molecule has 4 saturated carbocycles. The summed E-state index contributed by atoms with van der Waals surface area (Å²) in [4.78, 5) is 0. The van der Waals surface area contributed by atoms with E-state index >= 15 is 0 Å². The van der Waals surface area contributed by atoms with Gasteiger partial charge in [0.15, 0.2) is 18.9 Å². The van der Waals surface area contributed by atoms with Gasteiger partial charge in [-0.2, -0.15) is 0 Å². The zero-order valence-corrected chi connectivity index (χ0v) is 37.0. The Balaban J connectivity index is 0.872. The molecule has 0 bridgehead atoms. The first-order valence-electron chi connectivity index (χ1n) is 23.5. The molecule has 0 unspecified atom stereocenters. The quantitative estimate of drug-likeness (QED) is 0.101. The maximum Gasteiger partial charge on any atom is 0.187 e. The van der Waals surface area contributed by atoms with Gasteiger partial charge in [0.2, 0.25) is 0 Å². The van der Waals surface area contributed by atoms with Crippen molar-refractivity contribution in [3.8, 4) is 0 Å². The number of hydrogen-bond donors (Lipinski definition) is 11. The normalized spacial score (nSPS) is 52.7. The Bertz CT molecular complexity index is 1580. The Labute approximate surface area is 369 Å². The van der Waals surface area contributed by atoms with Crippen molar-refractivity contribution in [3.63, 3.8) is 0 Å². The molecule has 4 aliphatic heterocycles. The first-order chi connectivity index (χ1) is 29.9. The topological polar surface area (TPSA) is 287 Å². The molecule has 0 aromatic carbocycles. The van der Waals surface area contributed by atoms with E-state index in [9.17, 15) is 56.2 Å². The van der Waals surface area contributed by atoms with Crippen LogP contribution in [0, 0.1) is 46.3 Å². The Morgan fingerprint density at radius 1 is 0.635 bits per heavy atom. The Kier molecular flexibility index (Phi) is 14.6. The van der Waals surface area contributed by atoms with Crippen molar-refractivity contribution >= 4 is 0 Å². The second-order valence-corrected chi connectivity index (χ2v) is 20.9. The summed E-state index contributed by atoms with van der Waals surface area (Å²) in [5.74, 6) is 3.56. The second-order valence-electron chi connectivity index (χ2n) is 20.9. The van der Waals surface area contributed by atoms with Crippen molar-refractivity contribution in [1.82, 2.24) is 0 Å². The predicted molar refractivity (Wildman–Crippen MR) is 218 cm³/mol. The van der Waals surface area contributed by atoms with Gasteiger partial charge in [0, 0.05) is 12.3 Å². The maximum atomic E-state index is 11.2. The number of rotatable bonds is 13. The SMILES string of the molecule is CC1=C(CC[C@H](C)CO[C@@H]2O[C@H](CO)[C@@H](O)[C@H](O)[C@H]2O)O[C@H]2C[C@H]3[C@@H]4CC[C@@H]5C[C@@H](O[C@@H]6O[C@H](CO)[C@@H](O)[C@H](O)[C@H]6O[C@@H]6O[C@H](CO)[C@@H](O)[C@H](O)[C@H]6O)CC[C@]5(C)[C@H]4CC[C@]3(C)[C@@H]12. The van der Waals surface area contributed by atoms with Gasteiger partial charge in [0.05, 0.1) is 38.3 Å². The van der Waals surface area contributed by atoms with Crippen LogP contribution in [0.2, 0.25) is 0 Å². The van der Waals surface area contributed by atoms with Crippen molar-refractivity contribution < 1.29 is 89.3 Å². The first kappa shape index (κ1) is 48.3. The highest BCUT2D eigenvalue weighted by Crippen LogP contribution is 2.70. The van der Waals surface area contributed by atoms with Gasteiger partial charge in [-0.25, -0.2) is 0 Å². The number of aliphatic hydroxyl groups is 11. The molecule has 18 heteroatoms. The van der Waals surface area contributed by atoms with Crippen LogP contribution in [0.25, 0.3) is 0 Å². The van der Waals surface area contributed by atoms with Crippen molar-refractivity contribution in [1.29, 1.82) is 0 Å². The van der Waals surface area contributed by atoms with Crippen LogP contribution in [0.1, 0.15) is 91.9 Å². The summed E-state index contributed by atoms with van der Waals surface area (Å²) in [6, 6.07) is 0. The monoisotopic (exact) mass is 902 g/mol. The molecule has 4 heterocycles. The smallest absolute Gasteiger partial charge is 0.187 e. The minimum absolute atomic E-state index is 0.0928. The molecular formula is C45H74O18. The lowest BCUT2D eigenvalue weighted by atomic mass is 9.44. The largest absolute Gasteiger partial charge is 0.494 e. The van der Waals surface area contributed by atoms with E-state index in [1.54, 1.807) is 0 Å². The molecule has 11 N–H and O–H groups in total. The number of fused-ring (bicyclic) bond motifs is 7. The maximum absolute atomic E-state index is 11.2. The van der Waals surface area contributed by atoms with E-state index in [4.69, 9.17) is 33.2 Å². The second kappa shape index (κ2) is 19.1. The molecular weight excluding hydrogens is 828 g/mol. The predicted octanol–water partition coefficient (Wildman–Crippen LogP) is -0.830. The minimum Gasteiger partial charge on any atom is -0.494 e. The molecule has 0 amide bonds. The Morgan fingerprint density at radius 3 is 1.87 bits per heavy atom. The van der Waals surface area contributed by atoms with Crippen LogP contribution in [0.3, 0.4) is 0 Å². The summed E-state index contributed by atoms with van der Waals surface area (Å²) in [7, 11) is 0. The van der Waals surface area contributed by atoms with Crippen molar-refractivity contribution in [2.24, 2.45) is 46.3 Å². The van der Waals surface area contributed by atoms with Crippen molar-refractivity contribution in [2.45, 2.75) is 196 Å². The van der Waals surface area contributed by atoms with Crippen LogP contribution >= 0.6 is 0 Å². The molecule has 25 atom stereocenters. The van der Waals surface area contributed by atoms with Gasteiger partial charge >= 0.3 is 0 Å². The van der Waals surface area contributed by atoms with Crippen molar-refractivity contribution in [2.75, 3.05) is 26.4 Å². The van der Waals surface area contributed by atoms with E-state index in [-0.39, 0.29) is 35.6 Å². The lowest BCUT2D eigenvalue weighted by Gasteiger charge is -2.61. The van der Waals surface area contributed by atoms with Gasteiger partial charge < -0.3 is 89.3 Å². The number of hydrogen-bond acceptors (Lipinski definition) is 18. The molecule has 362 valence electrons. The lowest BCUT2D eigenvalue weighted by molar-refractivity contribution is -0.373. The third-order valence-electron chi connectivity index (χ3n) is 17.4. The van der Waals surface area contributed by atoms with Crippen LogP contribution in [-0.2, 0) is 33.2 Å². The van der Waals surface area contributed by atoms with Gasteiger partial charge in [-0.05, 0) is 111 Å². The molecule has 63 heavy (non-hydrogen) atoms. The third-order valence-corrected chi connectivity index (χ3v) is 17.4.